The Bertz CT molecular complexity index is 474. The van der Waals surface area contributed by atoms with E-state index in [2.05, 4.69) is 9.72 Å². The van der Waals surface area contributed by atoms with Gasteiger partial charge in [-0.25, -0.2) is 0 Å². The largest absolute Gasteiger partial charge is 0.469 e. The molecule has 0 radical (unpaired) electrons. The minimum Gasteiger partial charge on any atom is -0.469 e. The fourth-order valence-electron chi connectivity index (χ4n) is 1.60. The molecule has 3 heteroatoms. The number of ether oxygens (including phenoxy) is 1. The first-order valence-electron chi connectivity index (χ1n) is 5.08. The van der Waals surface area contributed by atoms with Crippen molar-refractivity contribution in [2.24, 2.45) is 0 Å². The van der Waals surface area contributed by atoms with Gasteiger partial charge in [0.1, 0.15) is 0 Å². The van der Waals surface area contributed by atoms with Gasteiger partial charge < -0.3 is 9.72 Å². The summed E-state index contributed by atoms with van der Waals surface area (Å²) in [5.41, 5.74) is 3.18. The zero-order valence-corrected chi connectivity index (χ0v) is 9.07. The third-order valence-corrected chi connectivity index (χ3v) is 2.43. The third-order valence-electron chi connectivity index (χ3n) is 2.43. The maximum absolute atomic E-state index is 11.2. The van der Waals surface area contributed by atoms with Gasteiger partial charge in [-0.1, -0.05) is 24.3 Å². The van der Waals surface area contributed by atoms with Gasteiger partial charge in [0.15, 0.2) is 0 Å². The molecule has 0 spiro atoms. The van der Waals surface area contributed by atoms with Crippen LogP contribution in [0.15, 0.2) is 42.7 Å². The molecule has 2 rings (SSSR count). The summed E-state index contributed by atoms with van der Waals surface area (Å²) in [6.45, 7) is 0. The highest BCUT2D eigenvalue weighted by molar-refractivity contribution is 5.73. The quantitative estimate of drug-likeness (QED) is 0.799. The van der Waals surface area contributed by atoms with Crippen molar-refractivity contribution in [3.8, 4) is 11.1 Å². The van der Waals surface area contributed by atoms with E-state index in [4.69, 9.17) is 0 Å². The van der Waals surface area contributed by atoms with Gasteiger partial charge in [-0.05, 0) is 22.8 Å². The summed E-state index contributed by atoms with van der Waals surface area (Å²) in [7, 11) is 1.40. The topological polar surface area (TPSA) is 42.1 Å². The van der Waals surface area contributed by atoms with Gasteiger partial charge >= 0.3 is 5.97 Å². The average Bonchev–Trinajstić information content (AvgIpc) is 2.83. The molecule has 2 aromatic rings. The van der Waals surface area contributed by atoms with E-state index in [1.54, 1.807) is 0 Å². The van der Waals surface area contributed by atoms with E-state index < -0.39 is 0 Å². The van der Waals surface area contributed by atoms with E-state index in [9.17, 15) is 4.79 Å². The minimum absolute atomic E-state index is 0.216. The van der Waals surface area contributed by atoms with Gasteiger partial charge in [0.25, 0.3) is 0 Å². The summed E-state index contributed by atoms with van der Waals surface area (Å²) in [5, 5.41) is 0. The van der Waals surface area contributed by atoms with Crippen molar-refractivity contribution in [1.82, 2.24) is 4.98 Å². The number of hydrogen-bond acceptors (Lipinski definition) is 2. The molecule has 1 aromatic carbocycles. The highest BCUT2D eigenvalue weighted by Gasteiger charge is 2.04. The molecular formula is C13H13NO2. The van der Waals surface area contributed by atoms with Crippen LogP contribution in [0.1, 0.15) is 5.56 Å². The number of esters is 1. The van der Waals surface area contributed by atoms with Gasteiger partial charge in [0.2, 0.25) is 0 Å². The summed E-state index contributed by atoms with van der Waals surface area (Å²) in [6.07, 6.45) is 4.12. The Morgan fingerprint density at radius 3 is 2.88 bits per heavy atom. The van der Waals surface area contributed by atoms with Crippen molar-refractivity contribution in [1.29, 1.82) is 0 Å². The van der Waals surface area contributed by atoms with Crippen molar-refractivity contribution >= 4 is 5.97 Å². The maximum atomic E-state index is 11.2. The van der Waals surface area contributed by atoms with Crippen LogP contribution >= 0.6 is 0 Å². The Kier molecular flexibility index (Phi) is 3.05. The molecule has 1 heterocycles. The van der Waals surface area contributed by atoms with Crippen LogP contribution in [0, 0.1) is 0 Å². The van der Waals surface area contributed by atoms with E-state index in [0.29, 0.717) is 6.42 Å². The fraction of sp³-hybridized carbons (Fsp3) is 0.154. The smallest absolute Gasteiger partial charge is 0.309 e. The summed E-state index contributed by atoms with van der Waals surface area (Å²) in [6, 6.07) is 9.88. The van der Waals surface area contributed by atoms with Crippen LogP contribution in [0.2, 0.25) is 0 Å². The van der Waals surface area contributed by atoms with Crippen LogP contribution in [0.3, 0.4) is 0 Å². The van der Waals surface area contributed by atoms with Crippen LogP contribution in [-0.4, -0.2) is 18.1 Å². The van der Waals surface area contributed by atoms with Crippen LogP contribution in [0.4, 0.5) is 0 Å². The Labute approximate surface area is 94.1 Å². The number of hydrogen-bond donors (Lipinski definition) is 1. The van der Waals surface area contributed by atoms with Crippen molar-refractivity contribution in [2.75, 3.05) is 7.11 Å². The van der Waals surface area contributed by atoms with Crippen LogP contribution in [-0.2, 0) is 16.0 Å². The second kappa shape index (κ2) is 4.66. The lowest BCUT2D eigenvalue weighted by Gasteiger charge is -2.02. The van der Waals surface area contributed by atoms with Gasteiger partial charge in [0.05, 0.1) is 13.5 Å². The van der Waals surface area contributed by atoms with Crippen molar-refractivity contribution in [3.05, 3.63) is 48.3 Å². The lowest BCUT2D eigenvalue weighted by atomic mass is 10.0. The number of carbonyl (C=O) groups excluding carboxylic acids is 1. The lowest BCUT2D eigenvalue weighted by molar-refractivity contribution is -0.139. The van der Waals surface area contributed by atoms with Gasteiger partial charge in [-0.2, -0.15) is 0 Å². The van der Waals surface area contributed by atoms with Gasteiger partial charge in [-0.15, -0.1) is 0 Å². The first-order valence-corrected chi connectivity index (χ1v) is 5.08. The van der Waals surface area contributed by atoms with Crippen molar-refractivity contribution < 1.29 is 9.53 Å². The molecule has 0 saturated heterocycles. The van der Waals surface area contributed by atoms with Crippen LogP contribution in [0.25, 0.3) is 11.1 Å². The van der Waals surface area contributed by atoms with E-state index in [-0.39, 0.29) is 5.97 Å². The van der Waals surface area contributed by atoms with Crippen LogP contribution in [0.5, 0.6) is 0 Å². The standard InChI is InChI=1S/C13H13NO2/c1-16-13(15)8-10-3-2-4-11(7-10)12-5-6-14-9-12/h2-7,9,14H,8H2,1H3. The second-order valence-electron chi connectivity index (χ2n) is 3.55. The third kappa shape index (κ3) is 2.31. The molecule has 0 amide bonds. The average molecular weight is 215 g/mol. The zero-order valence-electron chi connectivity index (χ0n) is 9.07. The number of methoxy groups -OCH3 is 1. The number of rotatable bonds is 3. The number of benzene rings is 1. The van der Waals surface area contributed by atoms with Gasteiger partial charge in [-0.3, -0.25) is 4.79 Å². The molecule has 1 N–H and O–H groups in total. The maximum Gasteiger partial charge on any atom is 0.309 e. The molecule has 0 atom stereocenters. The SMILES string of the molecule is COC(=O)Cc1cccc(-c2cc[nH]c2)c1. The highest BCUT2D eigenvalue weighted by Crippen LogP contribution is 2.19. The summed E-state index contributed by atoms with van der Waals surface area (Å²) >= 11 is 0. The fourth-order valence-corrected chi connectivity index (χ4v) is 1.60. The normalized spacial score (nSPS) is 10.1. The molecule has 0 aliphatic rings. The molecule has 0 bridgehead atoms. The predicted molar refractivity (Wildman–Crippen MR) is 61.9 cm³/mol. The Morgan fingerprint density at radius 2 is 2.19 bits per heavy atom. The monoisotopic (exact) mass is 215 g/mol. The molecule has 0 fully saturated rings. The number of aromatic nitrogens is 1. The summed E-state index contributed by atoms with van der Waals surface area (Å²) < 4.78 is 4.64. The van der Waals surface area contributed by atoms with E-state index in [1.165, 1.54) is 7.11 Å². The molecule has 0 saturated carbocycles. The van der Waals surface area contributed by atoms with E-state index >= 15 is 0 Å². The molecule has 1 aromatic heterocycles. The summed E-state index contributed by atoms with van der Waals surface area (Å²) in [5.74, 6) is -0.216. The number of aromatic amines is 1. The molecule has 0 aliphatic heterocycles. The predicted octanol–water partition coefficient (Wildman–Crippen LogP) is 2.40. The van der Waals surface area contributed by atoms with Crippen molar-refractivity contribution in [3.63, 3.8) is 0 Å². The highest BCUT2D eigenvalue weighted by atomic mass is 16.5. The number of carbonyl (C=O) groups is 1. The zero-order chi connectivity index (χ0) is 11.4. The first kappa shape index (κ1) is 10.5. The Hall–Kier alpha value is -2.03. The van der Waals surface area contributed by atoms with Crippen LogP contribution < -0.4 is 0 Å². The molecular weight excluding hydrogens is 202 g/mol. The van der Waals surface area contributed by atoms with E-state index in [1.807, 2.05) is 42.7 Å². The Morgan fingerprint density at radius 1 is 1.31 bits per heavy atom. The summed E-state index contributed by atoms with van der Waals surface area (Å²) in [4.78, 5) is 14.2. The second-order valence-corrected chi connectivity index (χ2v) is 3.55. The van der Waals surface area contributed by atoms with Gasteiger partial charge in [0, 0.05) is 12.4 Å². The molecule has 0 unspecified atom stereocenters. The molecule has 0 aliphatic carbocycles. The van der Waals surface area contributed by atoms with E-state index in [0.717, 1.165) is 16.7 Å². The minimum atomic E-state index is -0.216. The number of nitrogens with one attached hydrogen (secondary N) is 1. The first-order chi connectivity index (χ1) is 7.79. The Balaban J connectivity index is 2.23. The van der Waals surface area contributed by atoms with Crippen molar-refractivity contribution in [2.45, 2.75) is 6.42 Å². The lowest BCUT2D eigenvalue weighted by Crippen LogP contribution is -2.04. The molecule has 3 nitrogen and oxygen atoms in total. The molecule has 16 heavy (non-hydrogen) atoms. The number of H-pyrrole nitrogens is 1. The molecule has 82 valence electrons.